The van der Waals surface area contributed by atoms with Crippen molar-refractivity contribution in [1.82, 2.24) is 4.90 Å². The second kappa shape index (κ2) is 9.60. The van der Waals surface area contributed by atoms with E-state index in [1.807, 2.05) is 54.6 Å². The van der Waals surface area contributed by atoms with Gasteiger partial charge in [0.1, 0.15) is 18.0 Å². The van der Waals surface area contributed by atoms with E-state index in [-0.39, 0.29) is 17.6 Å². The molecule has 2 saturated heterocycles. The Morgan fingerprint density at radius 2 is 2.00 bits per heavy atom. The molecule has 2 aromatic carbocycles. The molecule has 6 nitrogen and oxygen atoms in total. The minimum absolute atomic E-state index is 0.0167. The molecule has 160 valence electrons. The van der Waals surface area contributed by atoms with Gasteiger partial charge >= 0.3 is 0 Å². The van der Waals surface area contributed by atoms with Gasteiger partial charge in [-0.05, 0) is 49.1 Å². The van der Waals surface area contributed by atoms with Gasteiger partial charge < -0.3 is 19.5 Å². The van der Waals surface area contributed by atoms with Crippen LogP contribution >= 0.6 is 0 Å². The Labute approximate surface area is 178 Å². The highest BCUT2D eigenvalue weighted by Gasteiger charge is 2.47. The molecule has 0 bridgehead atoms. The summed E-state index contributed by atoms with van der Waals surface area (Å²) in [6.45, 7) is 3.23. The lowest BCUT2D eigenvalue weighted by Gasteiger charge is -2.44. The number of benzene rings is 2. The van der Waals surface area contributed by atoms with Crippen LogP contribution in [0.25, 0.3) is 0 Å². The summed E-state index contributed by atoms with van der Waals surface area (Å²) >= 11 is 0. The van der Waals surface area contributed by atoms with Crippen LogP contribution in [0.15, 0.2) is 54.6 Å². The lowest BCUT2D eigenvalue weighted by molar-refractivity contribution is -0.146. The van der Waals surface area contributed by atoms with Crippen molar-refractivity contribution in [3.63, 3.8) is 0 Å². The van der Waals surface area contributed by atoms with E-state index in [1.54, 1.807) is 7.11 Å². The molecule has 0 aromatic heterocycles. The molecule has 2 atom stereocenters. The van der Waals surface area contributed by atoms with Gasteiger partial charge in [0.25, 0.3) is 0 Å². The normalized spacial score (nSPS) is 24.1. The quantitative estimate of drug-likeness (QED) is 0.757. The Morgan fingerprint density at radius 1 is 1.20 bits per heavy atom. The van der Waals surface area contributed by atoms with Crippen molar-refractivity contribution in [2.24, 2.45) is 0 Å². The Hall–Kier alpha value is -2.41. The predicted octanol–water partition coefficient (Wildman–Crippen LogP) is 3.47. The lowest BCUT2D eigenvalue weighted by atomic mass is 9.87. The van der Waals surface area contributed by atoms with Crippen molar-refractivity contribution in [3.05, 3.63) is 60.2 Å². The minimum Gasteiger partial charge on any atom is -0.489 e. The second-order valence-corrected chi connectivity index (χ2v) is 8.09. The smallest absolute Gasteiger partial charge is 0.238 e. The van der Waals surface area contributed by atoms with Crippen LogP contribution in [-0.4, -0.2) is 55.9 Å². The molecule has 2 aromatic rings. The number of rotatable bonds is 7. The van der Waals surface area contributed by atoms with Crippen LogP contribution in [0.4, 0.5) is 5.69 Å². The van der Waals surface area contributed by atoms with Gasteiger partial charge in [-0.25, -0.2) is 0 Å². The van der Waals surface area contributed by atoms with Gasteiger partial charge in [-0.15, -0.1) is 0 Å². The summed E-state index contributed by atoms with van der Waals surface area (Å²) in [5.74, 6) is 0.760. The molecular weight excluding hydrogens is 380 g/mol. The summed E-state index contributed by atoms with van der Waals surface area (Å²) in [6, 6.07) is 17.5. The van der Waals surface area contributed by atoms with Crippen molar-refractivity contribution in [2.45, 2.75) is 37.6 Å². The van der Waals surface area contributed by atoms with E-state index >= 15 is 0 Å². The van der Waals surface area contributed by atoms with E-state index in [0.29, 0.717) is 13.2 Å². The van der Waals surface area contributed by atoms with Crippen LogP contribution in [0.3, 0.4) is 0 Å². The van der Waals surface area contributed by atoms with Crippen LogP contribution in [0.5, 0.6) is 5.75 Å². The van der Waals surface area contributed by atoms with Gasteiger partial charge in [0.05, 0.1) is 12.6 Å². The third kappa shape index (κ3) is 5.01. The number of nitrogens with zero attached hydrogens (tertiary/aromatic N) is 1. The molecule has 4 rings (SSSR count). The number of nitrogens with one attached hydrogen (secondary N) is 1. The number of amides is 1. The third-order valence-corrected chi connectivity index (χ3v) is 5.96. The van der Waals surface area contributed by atoms with E-state index in [0.717, 1.165) is 56.0 Å². The molecule has 0 radical (unpaired) electrons. The molecular formula is C24H30N2O4. The number of likely N-dealkylation sites (tertiary alicyclic amines) is 1. The van der Waals surface area contributed by atoms with Gasteiger partial charge in [0.2, 0.25) is 5.91 Å². The summed E-state index contributed by atoms with van der Waals surface area (Å²) in [7, 11) is 1.75. The summed E-state index contributed by atoms with van der Waals surface area (Å²) in [5.41, 5.74) is 1.63. The monoisotopic (exact) mass is 410 g/mol. The Balaban J connectivity index is 1.27. The Kier molecular flexibility index (Phi) is 6.67. The molecule has 0 unspecified atom stereocenters. The highest BCUT2D eigenvalue weighted by Crippen LogP contribution is 2.36. The van der Waals surface area contributed by atoms with E-state index in [4.69, 9.17) is 14.2 Å². The van der Waals surface area contributed by atoms with Gasteiger partial charge in [-0.2, -0.15) is 0 Å². The standard InChI is InChI=1S/C24H30N2O4/c1-28-22-12-14-26(18-24(22)13-5-15-30-24)16-23(27)25-20-8-10-21(11-9-20)29-17-19-6-3-2-4-7-19/h2-4,6-11,22H,5,12-18H2,1H3,(H,25,27)/t22-,24-/m0/s1. The van der Waals surface area contributed by atoms with Crippen LogP contribution < -0.4 is 10.1 Å². The van der Waals surface area contributed by atoms with Crippen LogP contribution in [0.1, 0.15) is 24.8 Å². The average Bonchev–Trinajstić information content (AvgIpc) is 3.22. The van der Waals surface area contributed by atoms with Gasteiger partial charge in [0.15, 0.2) is 0 Å². The minimum atomic E-state index is -0.259. The molecule has 1 N–H and O–H groups in total. The molecule has 0 saturated carbocycles. The number of carbonyl (C=O) groups is 1. The fourth-order valence-electron chi connectivity index (χ4n) is 4.47. The van der Waals surface area contributed by atoms with Crippen LogP contribution in [0, 0.1) is 0 Å². The molecule has 0 aliphatic carbocycles. The Morgan fingerprint density at radius 3 is 2.70 bits per heavy atom. The van der Waals surface area contributed by atoms with E-state index in [9.17, 15) is 4.79 Å². The van der Waals surface area contributed by atoms with Crippen molar-refractivity contribution < 1.29 is 19.0 Å². The number of anilines is 1. The zero-order chi connectivity index (χ0) is 20.8. The van der Waals surface area contributed by atoms with Crippen molar-refractivity contribution >= 4 is 11.6 Å². The molecule has 2 aliphatic rings. The summed E-state index contributed by atoms with van der Waals surface area (Å²) in [6.07, 6.45) is 3.05. The van der Waals surface area contributed by atoms with E-state index in [1.165, 1.54) is 0 Å². The van der Waals surface area contributed by atoms with Crippen molar-refractivity contribution in [3.8, 4) is 5.75 Å². The summed E-state index contributed by atoms with van der Waals surface area (Å²) in [5, 5.41) is 2.99. The number of hydrogen-bond donors (Lipinski definition) is 1. The predicted molar refractivity (Wildman–Crippen MR) is 116 cm³/mol. The van der Waals surface area contributed by atoms with Gasteiger partial charge in [-0.3, -0.25) is 9.69 Å². The maximum Gasteiger partial charge on any atom is 0.238 e. The Bertz CT molecular complexity index is 819. The molecule has 1 spiro atoms. The van der Waals surface area contributed by atoms with Crippen molar-refractivity contribution in [1.29, 1.82) is 0 Å². The zero-order valence-corrected chi connectivity index (χ0v) is 17.5. The maximum absolute atomic E-state index is 12.6. The fraction of sp³-hybridized carbons (Fsp3) is 0.458. The number of methoxy groups -OCH3 is 1. The highest BCUT2D eigenvalue weighted by molar-refractivity contribution is 5.92. The topological polar surface area (TPSA) is 60.0 Å². The first-order valence-electron chi connectivity index (χ1n) is 10.6. The molecule has 6 heteroatoms. The number of ether oxygens (including phenoxy) is 3. The molecule has 2 fully saturated rings. The van der Waals surface area contributed by atoms with E-state index < -0.39 is 0 Å². The highest BCUT2D eigenvalue weighted by atomic mass is 16.6. The fourth-order valence-corrected chi connectivity index (χ4v) is 4.47. The third-order valence-electron chi connectivity index (χ3n) is 5.96. The van der Waals surface area contributed by atoms with Crippen LogP contribution in [-0.2, 0) is 20.9 Å². The molecule has 2 heterocycles. The zero-order valence-electron chi connectivity index (χ0n) is 17.5. The van der Waals surface area contributed by atoms with E-state index in [2.05, 4.69) is 10.2 Å². The number of hydrogen-bond acceptors (Lipinski definition) is 5. The van der Waals surface area contributed by atoms with Crippen molar-refractivity contribution in [2.75, 3.05) is 38.7 Å². The largest absolute Gasteiger partial charge is 0.489 e. The molecule has 2 aliphatic heterocycles. The van der Waals surface area contributed by atoms with Crippen LogP contribution in [0.2, 0.25) is 0 Å². The first-order valence-corrected chi connectivity index (χ1v) is 10.6. The summed E-state index contributed by atoms with van der Waals surface area (Å²) < 4.78 is 17.5. The molecule has 1 amide bonds. The first kappa shape index (κ1) is 20.8. The first-order chi connectivity index (χ1) is 14.7. The second-order valence-electron chi connectivity index (χ2n) is 8.09. The molecule has 30 heavy (non-hydrogen) atoms. The SMILES string of the molecule is CO[C@H]1CCN(CC(=O)Nc2ccc(OCc3ccccc3)cc2)C[C@@]12CCCO2. The lowest BCUT2D eigenvalue weighted by Crippen LogP contribution is -2.58. The van der Waals surface area contributed by atoms with Gasteiger partial charge in [-0.1, -0.05) is 30.3 Å². The van der Waals surface area contributed by atoms with Gasteiger partial charge in [0, 0.05) is 32.5 Å². The maximum atomic E-state index is 12.6. The number of carbonyl (C=O) groups excluding carboxylic acids is 1. The average molecular weight is 411 g/mol. The number of piperidine rings is 1. The summed E-state index contributed by atoms with van der Waals surface area (Å²) in [4.78, 5) is 14.7.